The smallest absolute Gasteiger partial charge is 0.240 e. The summed E-state index contributed by atoms with van der Waals surface area (Å²) >= 11 is 1.64. The predicted molar refractivity (Wildman–Crippen MR) is 72.1 cm³/mol. The number of hydrogen-bond acceptors (Lipinski definition) is 5. The first-order valence-electron chi connectivity index (χ1n) is 6.53. The van der Waals surface area contributed by atoms with Crippen LogP contribution in [0.2, 0.25) is 0 Å². The van der Waals surface area contributed by atoms with Crippen molar-refractivity contribution in [2.75, 3.05) is 38.0 Å². The van der Waals surface area contributed by atoms with Gasteiger partial charge in [0.2, 0.25) is 5.91 Å². The topological polar surface area (TPSA) is 57.3 Å². The Morgan fingerprint density at radius 2 is 2.22 bits per heavy atom. The highest BCUT2D eigenvalue weighted by molar-refractivity contribution is 7.15. The number of fused-ring (bicyclic) bond motifs is 1. The molecule has 0 saturated carbocycles. The molecule has 1 aliphatic carbocycles. The molecule has 3 rings (SSSR count). The fourth-order valence-electron chi connectivity index (χ4n) is 2.47. The van der Waals surface area contributed by atoms with E-state index in [1.165, 1.54) is 17.0 Å². The average Bonchev–Trinajstić information content (AvgIpc) is 2.90. The SMILES string of the molecule is O=C(CN1CCNCC1)Nc1nc2c(s1)CCC2. The number of piperazine rings is 1. The van der Waals surface area contributed by atoms with Crippen LogP contribution in [0.4, 0.5) is 5.13 Å². The van der Waals surface area contributed by atoms with Gasteiger partial charge >= 0.3 is 0 Å². The number of anilines is 1. The third-order valence-electron chi connectivity index (χ3n) is 3.42. The van der Waals surface area contributed by atoms with Crippen molar-refractivity contribution in [1.82, 2.24) is 15.2 Å². The molecular weight excluding hydrogens is 248 g/mol. The number of amides is 1. The predicted octanol–water partition coefficient (Wildman–Crippen LogP) is 0.475. The number of thiazole rings is 1. The van der Waals surface area contributed by atoms with Gasteiger partial charge in [-0.2, -0.15) is 0 Å². The lowest BCUT2D eigenvalue weighted by atomic mass is 10.3. The molecule has 0 atom stereocenters. The summed E-state index contributed by atoms with van der Waals surface area (Å²) in [5.41, 5.74) is 1.19. The second-order valence-electron chi connectivity index (χ2n) is 4.82. The molecule has 1 aromatic heterocycles. The van der Waals surface area contributed by atoms with Crippen LogP contribution in [0.15, 0.2) is 0 Å². The maximum Gasteiger partial charge on any atom is 0.240 e. The van der Waals surface area contributed by atoms with Crippen molar-refractivity contribution in [3.8, 4) is 0 Å². The van der Waals surface area contributed by atoms with Crippen molar-refractivity contribution in [3.63, 3.8) is 0 Å². The number of carbonyl (C=O) groups is 1. The molecule has 1 aromatic rings. The quantitative estimate of drug-likeness (QED) is 0.835. The fraction of sp³-hybridized carbons (Fsp3) is 0.667. The van der Waals surface area contributed by atoms with Gasteiger partial charge in [-0.15, -0.1) is 11.3 Å². The summed E-state index contributed by atoms with van der Waals surface area (Å²) in [5, 5.41) is 6.98. The molecule has 6 heteroatoms. The summed E-state index contributed by atoms with van der Waals surface area (Å²) in [6.07, 6.45) is 3.41. The van der Waals surface area contributed by atoms with Gasteiger partial charge in [0.25, 0.3) is 0 Å². The number of aromatic nitrogens is 1. The summed E-state index contributed by atoms with van der Waals surface area (Å²) < 4.78 is 0. The Hall–Kier alpha value is -0.980. The second-order valence-corrected chi connectivity index (χ2v) is 5.90. The van der Waals surface area contributed by atoms with Crippen LogP contribution in [-0.2, 0) is 17.6 Å². The number of rotatable bonds is 3. The van der Waals surface area contributed by atoms with E-state index in [-0.39, 0.29) is 5.91 Å². The van der Waals surface area contributed by atoms with Crippen LogP contribution < -0.4 is 10.6 Å². The highest BCUT2D eigenvalue weighted by atomic mass is 32.1. The van der Waals surface area contributed by atoms with Crippen LogP contribution in [-0.4, -0.2) is 48.5 Å². The monoisotopic (exact) mass is 266 g/mol. The first kappa shape index (κ1) is 12.1. The first-order valence-corrected chi connectivity index (χ1v) is 7.34. The third kappa shape index (κ3) is 2.71. The van der Waals surface area contributed by atoms with Crippen molar-refractivity contribution in [2.45, 2.75) is 19.3 Å². The summed E-state index contributed by atoms with van der Waals surface area (Å²) in [4.78, 5) is 19.9. The number of nitrogens with one attached hydrogen (secondary N) is 2. The molecule has 0 unspecified atom stereocenters. The Labute approximate surface area is 111 Å². The largest absolute Gasteiger partial charge is 0.314 e. The molecule has 98 valence electrons. The van der Waals surface area contributed by atoms with E-state index < -0.39 is 0 Å². The first-order chi connectivity index (χ1) is 8.81. The van der Waals surface area contributed by atoms with Crippen molar-refractivity contribution >= 4 is 22.4 Å². The van der Waals surface area contributed by atoms with Crippen LogP contribution in [0.5, 0.6) is 0 Å². The zero-order chi connectivity index (χ0) is 12.4. The number of carbonyl (C=O) groups excluding carboxylic acids is 1. The molecule has 0 radical (unpaired) electrons. The van der Waals surface area contributed by atoms with Gasteiger partial charge in [-0.25, -0.2) is 4.98 Å². The minimum Gasteiger partial charge on any atom is -0.314 e. The molecule has 5 nitrogen and oxygen atoms in total. The lowest BCUT2D eigenvalue weighted by Crippen LogP contribution is -2.46. The lowest BCUT2D eigenvalue weighted by Gasteiger charge is -2.26. The fourth-order valence-corrected chi connectivity index (χ4v) is 3.54. The maximum absolute atomic E-state index is 11.9. The Balaban J connectivity index is 1.53. The molecule has 2 heterocycles. The van der Waals surface area contributed by atoms with Gasteiger partial charge in [-0.1, -0.05) is 0 Å². The molecular formula is C12H18N4OS. The summed E-state index contributed by atoms with van der Waals surface area (Å²) in [5.74, 6) is 0.0596. The van der Waals surface area contributed by atoms with E-state index in [0.717, 1.165) is 44.2 Å². The minimum atomic E-state index is 0.0596. The van der Waals surface area contributed by atoms with Crippen molar-refractivity contribution in [3.05, 3.63) is 10.6 Å². The Kier molecular flexibility index (Phi) is 3.58. The summed E-state index contributed by atoms with van der Waals surface area (Å²) in [7, 11) is 0. The zero-order valence-corrected chi connectivity index (χ0v) is 11.2. The molecule has 18 heavy (non-hydrogen) atoms. The molecule has 1 fully saturated rings. The third-order valence-corrected chi connectivity index (χ3v) is 4.49. The Bertz CT molecular complexity index is 418. The van der Waals surface area contributed by atoms with Gasteiger partial charge in [-0.05, 0) is 19.3 Å². The van der Waals surface area contributed by atoms with Crippen LogP contribution in [0.1, 0.15) is 17.0 Å². The van der Waals surface area contributed by atoms with Crippen LogP contribution in [0, 0.1) is 0 Å². The number of hydrogen-bond donors (Lipinski definition) is 2. The van der Waals surface area contributed by atoms with Gasteiger partial charge in [-0.3, -0.25) is 9.69 Å². The van der Waals surface area contributed by atoms with E-state index in [9.17, 15) is 4.79 Å². The highest BCUT2D eigenvalue weighted by Gasteiger charge is 2.19. The molecule has 2 N–H and O–H groups in total. The molecule has 1 saturated heterocycles. The normalized spacial score (nSPS) is 19.8. The van der Waals surface area contributed by atoms with Crippen molar-refractivity contribution in [2.24, 2.45) is 0 Å². The van der Waals surface area contributed by atoms with E-state index in [0.29, 0.717) is 6.54 Å². The molecule has 1 aliphatic heterocycles. The second kappa shape index (κ2) is 5.34. The number of aryl methyl sites for hydroxylation is 2. The zero-order valence-electron chi connectivity index (χ0n) is 10.4. The van der Waals surface area contributed by atoms with Crippen LogP contribution in [0.3, 0.4) is 0 Å². The standard InChI is InChI=1S/C12H18N4OS/c17-11(8-16-6-4-13-5-7-16)15-12-14-9-2-1-3-10(9)18-12/h13H,1-8H2,(H,14,15,17). The van der Waals surface area contributed by atoms with Crippen molar-refractivity contribution in [1.29, 1.82) is 0 Å². The minimum absolute atomic E-state index is 0.0596. The van der Waals surface area contributed by atoms with E-state index in [1.54, 1.807) is 11.3 Å². The van der Waals surface area contributed by atoms with Gasteiger partial charge in [0, 0.05) is 31.1 Å². The van der Waals surface area contributed by atoms with Crippen LogP contribution >= 0.6 is 11.3 Å². The summed E-state index contributed by atoms with van der Waals surface area (Å²) in [6, 6.07) is 0. The van der Waals surface area contributed by atoms with Gasteiger partial charge in [0.05, 0.1) is 12.2 Å². The molecule has 0 spiro atoms. The highest BCUT2D eigenvalue weighted by Crippen LogP contribution is 2.30. The Morgan fingerprint density at radius 1 is 1.39 bits per heavy atom. The van der Waals surface area contributed by atoms with E-state index in [2.05, 4.69) is 20.5 Å². The van der Waals surface area contributed by atoms with E-state index in [4.69, 9.17) is 0 Å². The molecule has 1 amide bonds. The van der Waals surface area contributed by atoms with Crippen LogP contribution in [0.25, 0.3) is 0 Å². The van der Waals surface area contributed by atoms with E-state index >= 15 is 0 Å². The van der Waals surface area contributed by atoms with Gasteiger partial charge < -0.3 is 10.6 Å². The van der Waals surface area contributed by atoms with Gasteiger partial charge in [0.1, 0.15) is 0 Å². The Morgan fingerprint density at radius 3 is 3.00 bits per heavy atom. The lowest BCUT2D eigenvalue weighted by molar-refractivity contribution is -0.117. The van der Waals surface area contributed by atoms with E-state index in [1.807, 2.05) is 0 Å². The average molecular weight is 266 g/mol. The van der Waals surface area contributed by atoms with Crippen molar-refractivity contribution < 1.29 is 4.79 Å². The molecule has 0 bridgehead atoms. The maximum atomic E-state index is 11.9. The molecule has 0 aromatic carbocycles. The summed E-state index contributed by atoms with van der Waals surface area (Å²) in [6.45, 7) is 4.31. The van der Waals surface area contributed by atoms with Gasteiger partial charge in [0.15, 0.2) is 5.13 Å². The molecule has 2 aliphatic rings. The number of nitrogens with zero attached hydrogens (tertiary/aromatic N) is 2.